The van der Waals surface area contributed by atoms with E-state index in [1.165, 1.54) is 12.8 Å². The fourth-order valence-corrected chi connectivity index (χ4v) is 2.38. The summed E-state index contributed by atoms with van der Waals surface area (Å²) in [6.07, 6.45) is 5.14. The minimum atomic E-state index is 0.726. The van der Waals surface area contributed by atoms with Crippen LogP contribution in [0.1, 0.15) is 33.6 Å². The second-order valence-corrected chi connectivity index (χ2v) is 5.26. The van der Waals surface area contributed by atoms with Crippen LogP contribution < -0.4 is 0 Å². The topological polar surface area (TPSA) is 0 Å². The smallest absolute Gasteiger partial charge is 0.0176 e. The second kappa shape index (κ2) is 3.93. The van der Waals surface area contributed by atoms with Crippen molar-refractivity contribution in [3.63, 3.8) is 0 Å². The average Bonchev–Trinajstić information content (AvgIpc) is 1.94. The molecule has 0 nitrogen and oxygen atoms in total. The van der Waals surface area contributed by atoms with E-state index < -0.39 is 0 Å². The van der Waals surface area contributed by atoms with Crippen LogP contribution in [0, 0.1) is 24.2 Å². The highest BCUT2D eigenvalue weighted by Gasteiger charge is 2.27. The zero-order chi connectivity index (χ0) is 8.43. The molecule has 0 N–H and O–H groups in total. The van der Waals surface area contributed by atoms with Crippen molar-refractivity contribution in [3.8, 4) is 0 Å². The molecule has 1 radical (unpaired) electrons. The van der Waals surface area contributed by atoms with E-state index in [4.69, 9.17) is 0 Å². The van der Waals surface area contributed by atoms with Crippen molar-refractivity contribution in [1.82, 2.24) is 0 Å². The van der Waals surface area contributed by atoms with Gasteiger partial charge in [0.2, 0.25) is 0 Å². The highest BCUT2D eigenvalue weighted by Crippen LogP contribution is 2.36. The van der Waals surface area contributed by atoms with Crippen molar-refractivity contribution >= 4 is 15.9 Å². The van der Waals surface area contributed by atoms with Gasteiger partial charge in [-0.05, 0) is 37.0 Å². The average molecular weight is 218 g/mol. The molecule has 0 saturated heterocycles. The molecule has 0 aliphatic heterocycles. The molecule has 1 aliphatic carbocycles. The summed E-state index contributed by atoms with van der Waals surface area (Å²) in [7, 11) is 0. The predicted octanol–water partition coefficient (Wildman–Crippen LogP) is 3.66. The van der Waals surface area contributed by atoms with E-state index >= 15 is 0 Å². The molecule has 1 heteroatoms. The van der Waals surface area contributed by atoms with Crippen LogP contribution in [-0.2, 0) is 0 Å². The van der Waals surface area contributed by atoms with Gasteiger partial charge in [-0.15, -0.1) is 0 Å². The Morgan fingerprint density at radius 3 is 2.55 bits per heavy atom. The molecule has 0 aromatic carbocycles. The maximum Gasteiger partial charge on any atom is 0.0176 e. The van der Waals surface area contributed by atoms with Crippen LogP contribution in [0.25, 0.3) is 0 Å². The zero-order valence-corrected chi connectivity index (χ0v) is 9.26. The molecule has 0 spiro atoms. The summed E-state index contributed by atoms with van der Waals surface area (Å²) in [4.78, 5) is 0.726. The molecule has 0 aromatic rings. The molecule has 0 bridgehead atoms. The lowest BCUT2D eigenvalue weighted by atomic mass is 9.77. The molecule has 11 heavy (non-hydrogen) atoms. The Labute approximate surface area is 78.9 Å². The zero-order valence-electron chi connectivity index (χ0n) is 7.68. The van der Waals surface area contributed by atoms with Crippen LogP contribution in [0.5, 0.6) is 0 Å². The minimum absolute atomic E-state index is 0.726. The van der Waals surface area contributed by atoms with Gasteiger partial charge in [0.1, 0.15) is 0 Å². The first-order chi connectivity index (χ1) is 5.11. The van der Waals surface area contributed by atoms with Gasteiger partial charge < -0.3 is 0 Å². The van der Waals surface area contributed by atoms with Crippen molar-refractivity contribution in [2.24, 2.45) is 17.8 Å². The fourth-order valence-electron chi connectivity index (χ4n) is 1.68. The Morgan fingerprint density at radius 1 is 1.45 bits per heavy atom. The second-order valence-electron chi connectivity index (χ2n) is 4.09. The van der Waals surface area contributed by atoms with E-state index in [0.29, 0.717) is 0 Å². The van der Waals surface area contributed by atoms with E-state index in [9.17, 15) is 0 Å². The van der Waals surface area contributed by atoms with Gasteiger partial charge in [0.15, 0.2) is 0 Å². The number of hydrogen-bond acceptors (Lipinski definition) is 0. The number of alkyl halides is 1. The van der Waals surface area contributed by atoms with Gasteiger partial charge in [0, 0.05) is 4.83 Å². The Morgan fingerprint density at radius 2 is 2.09 bits per heavy atom. The predicted molar refractivity (Wildman–Crippen MR) is 53.7 cm³/mol. The lowest BCUT2D eigenvalue weighted by molar-refractivity contribution is 0.293. The first-order valence-electron chi connectivity index (χ1n) is 4.58. The van der Waals surface area contributed by atoms with Crippen molar-refractivity contribution < 1.29 is 0 Å². The quantitative estimate of drug-likeness (QED) is 0.589. The van der Waals surface area contributed by atoms with Gasteiger partial charge in [-0.25, -0.2) is 0 Å². The monoisotopic (exact) mass is 217 g/mol. The molecule has 0 amide bonds. The van der Waals surface area contributed by atoms with Gasteiger partial charge in [-0.1, -0.05) is 36.7 Å². The normalized spacial score (nSPS) is 39.5. The molecular weight excluding hydrogens is 200 g/mol. The van der Waals surface area contributed by atoms with Crippen LogP contribution in [0.3, 0.4) is 0 Å². The van der Waals surface area contributed by atoms with E-state index in [-0.39, 0.29) is 0 Å². The molecule has 3 atom stereocenters. The third kappa shape index (κ3) is 2.47. The maximum absolute atomic E-state index is 3.73. The lowest BCUT2D eigenvalue weighted by Gasteiger charge is -2.32. The molecular formula is C10H18Br. The van der Waals surface area contributed by atoms with Gasteiger partial charge in [0.05, 0.1) is 0 Å². The van der Waals surface area contributed by atoms with Crippen LogP contribution in [0.4, 0.5) is 0 Å². The molecule has 65 valence electrons. The van der Waals surface area contributed by atoms with Crippen LogP contribution in [0.2, 0.25) is 0 Å². The standard InChI is InChI=1S/C10H18Br/c1-7(2)9-5-4-8(3)10(11)6-9/h4,7-10H,5-6H2,1-3H3. The Hall–Kier alpha value is 0.480. The molecule has 3 unspecified atom stereocenters. The minimum Gasteiger partial charge on any atom is -0.0888 e. The summed E-state index contributed by atoms with van der Waals surface area (Å²) in [6, 6.07) is 0. The first kappa shape index (κ1) is 9.57. The Kier molecular flexibility index (Phi) is 3.42. The van der Waals surface area contributed by atoms with Crippen molar-refractivity contribution in [2.45, 2.75) is 38.4 Å². The summed E-state index contributed by atoms with van der Waals surface area (Å²) in [6.45, 7) is 6.96. The van der Waals surface area contributed by atoms with Gasteiger partial charge in [0.25, 0.3) is 0 Å². The van der Waals surface area contributed by atoms with Gasteiger partial charge in [-0.3, -0.25) is 0 Å². The largest absolute Gasteiger partial charge is 0.0888 e. The highest BCUT2D eigenvalue weighted by molar-refractivity contribution is 9.09. The number of halogens is 1. The van der Waals surface area contributed by atoms with Crippen LogP contribution in [-0.4, -0.2) is 4.83 Å². The number of rotatable bonds is 1. The van der Waals surface area contributed by atoms with Gasteiger partial charge in [-0.2, -0.15) is 0 Å². The van der Waals surface area contributed by atoms with Crippen LogP contribution >= 0.6 is 15.9 Å². The Balaban J connectivity index is 2.40. The molecule has 1 aliphatic rings. The summed E-state index contributed by atoms with van der Waals surface area (Å²) >= 11 is 3.73. The Bertz CT molecular complexity index is 120. The van der Waals surface area contributed by atoms with Crippen LogP contribution in [0.15, 0.2) is 0 Å². The van der Waals surface area contributed by atoms with E-state index in [2.05, 4.69) is 43.1 Å². The third-order valence-corrected chi connectivity index (χ3v) is 4.06. The summed E-state index contributed by atoms with van der Waals surface area (Å²) < 4.78 is 0. The van der Waals surface area contributed by atoms with Crippen molar-refractivity contribution in [1.29, 1.82) is 0 Å². The van der Waals surface area contributed by atoms with Crippen molar-refractivity contribution in [3.05, 3.63) is 6.42 Å². The molecule has 1 rings (SSSR count). The number of hydrogen-bond donors (Lipinski definition) is 0. The van der Waals surface area contributed by atoms with E-state index in [1.807, 2.05) is 0 Å². The maximum atomic E-state index is 3.73. The van der Waals surface area contributed by atoms with E-state index in [0.717, 1.165) is 22.6 Å². The van der Waals surface area contributed by atoms with Gasteiger partial charge >= 0.3 is 0 Å². The highest BCUT2D eigenvalue weighted by atomic mass is 79.9. The fraction of sp³-hybridized carbons (Fsp3) is 0.900. The molecule has 1 fully saturated rings. The first-order valence-corrected chi connectivity index (χ1v) is 5.50. The lowest BCUT2D eigenvalue weighted by Crippen LogP contribution is -2.26. The molecule has 0 aromatic heterocycles. The third-order valence-electron chi connectivity index (χ3n) is 2.85. The molecule has 1 saturated carbocycles. The molecule has 0 heterocycles. The SMILES string of the molecule is CC(C)C1C[CH]C(C)C(Br)C1. The summed E-state index contributed by atoms with van der Waals surface area (Å²) in [5.41, 5.74) is 0. The van der Waals surface area contributed by atoms with Crippen molar-refractivity contribution in [2.75, 3.05) is 0 Å². The summed E-state index contributed by atoms with van der Waals surface area (Å²) in [5.74, 6) is 2.53. The van der Waals surface area contributed by atoms with E-state index in [1.54, 1.807) is 0 Å². The summed E-state index contributed by atoms with van der Waals surface area (Å²) in [5, 5.41) is 0.